The molecule has 4 N–H and O–H groups in total. The van der Waals surface area contributed by atoms with Crippen LogP contribution in [0.1, 0.15) is 32.1 Å². The number of hydrogen-bond acceptors (Lipinski definition) is 4. The van der Waals surface area contributed by atoms with Gasteiger partial charge in [0.25, 0.3) is 11.8 Å². The molecule has 0 radical (unpaired) electrons. The molecular formula is C17H18N6O3. The van der Waals surface area contributed by atoms with Crippen molar-refractivity contribution in [2.75, 3.05) is 13.1 Å². The number of para-hydroxylation sites is 1. The first-order valence-electron chi connectivity index (χ1n) is 8.26. The average molecular weight is 354 g/mol. The van der Waals surface area contributed by atoms with Crippen molar-refractivity contribution in [3.8, 4) is 0 Å². The lowest BCUT2D eigenvalue weighted by atomic mass is 10.0. The summed E-state index contributed by atoms with van der Waals surface area (Å²) in [6.45, 7) is 4.52. The lowest BCUT2D eigenvalue weighted by Gasteiger charge is -2.39. The zero-order valence-corrected chi connectivity index (χ0v) is 14.3. The number of hydrogen-bond donors (Lipinski definition) is 4. The third kappa shape index (κ3) is 2.57. The van der Waals surface area contributed by atoms with E-state index in [0.717, 1.165) is 11.3 Å². The van der Waals surface area contributed by atoms with Gasteiger partial charge in [0.15, 0.2) is 5.69 Å². The van der Waals surface area contributed by atoms with Gasteiger partial charge in [-0.15, -0.1) is 0 Å². The van der Waals surface area contributed by atoms with Crippen LogP contribution in [0.4, 0.5) is 0 Å². The Morgan fingerprint density at radius 1 is 1.23 bits per heavy atom. The van der Waals surface area contributed by atoms with Crippen molar-refractivity contribution < 1.29 is 9.59 Å². The predicted molar refractivity (Wildman–Crippen MR) is 94.1 cm³/mol. The molecule has 26 heavy (non-hydrogen) atoms. The number of aromatic amines is 3. The molecule has 4 rings (SSSR count). The summed E-state index contributed by atoms with van der Waals surface area (Å²) in [5, 5.41) is 9.68. The Morgan fingerprint density at radius 3 is 2.69 bits per heavy atom. The number of amides is 2. The number of rotatable bonds is 3. The number of nitrogens with one attached hydrogen (secondary N) is 4. The second-order valence-corrected chi connectivity index (χ2v) is 6.51. The summed E-state index contributed by atoms with van der Waals surface area (Å²) in [5.41, 5.74) is 3.23. The molecule has 1 aromatic carbocycles. The molecule has 1 fully saturated rings. The molecule has 0 aliphatic carbocycles. The molecule has 2 amide bonds. The van der Waals surface area contributed by atoms with E-state index in [1.54, 1.807) is 23.1 Å². The van der Waals surface area contributed by atoms with Crippen LogP contribution in [0.25, 0.3) is 11.0 Å². The Morgan fingerprint density at radius 2 is 2.00 bits per heavy atom. The highest BCUT2D eigenvalue weighted by molar-refractivity contribution is 6.05. The van der Waals surface area contributed by atoms with Crippen LogP contribution in [0, 0.1) is 13.8 Å². The topological polar surface area (TPSA) is 127 Å². The van der Waals surface area contributed by atoms with Crippen molar-refractivity contribution in [3.63, 3.8) is 0 Å². The number of imidazole rings is 1. The number of fused-ring (bicyclic) bond motifs is 1. The van der Waals surface area contributed by atoms with E-state index < -0.39 is 0 Å². The molecule has 0 atom stereocenters. The Balaban J connectivity index is 1.43. The standard InChI is InChI=1S/C17H18N6O3/c1-8-9(2)21-22-13(8)15(24)18-10-6-23(7-10)16(25)11-4-3-5-12-14(11)20-17(26)19-12/h3-5,10H,6-7H2,1-2H3,(H,18,24)(H,21,22)(H2,19,20,26). The second-order valence-electron chi connectivity index (χ2n) is 6.51. The van der Waals surface area contributed by atoms with Crippen LogP contribution in [0.15, 0.2) is 23.0 Å². The molecule has 1 saturated heterocycles. The van der Waals surface area contributed by atoms with Gasteiger partial charge < -0.3 is 20.2 Å². The number of carbonyl (C=O) groups is 2. The van der Waals surface area contributed by atoms with E-state index >= 15 is 0 Å². The Labute approximate surface area is 147 Å². The summed E-state index contributed by atoms with van der Waals surface area (Å²) < 4.78 is 0. The first-order chi connectivity index (χ1) is 12.4. The third-order valence-corrected chi connectivity index (χ3v) is 4.75. The van der Waals surface area contributed by atoms with Crippen molar-refractivity contribution in [1.29, 1.82) is 0 Å². The Kier molecular flexibility index (Phi) is 3.64. The first kappa shape index (κ1) is 16.1. The van der Waals surface area contributed by atoms with Crippen LogP contribution in [0.2, 0.25) is 0 Å². The van der Waals surface area contributed by atoms with Gasteiger partial charge in [0.1, 0.15) is 0 Å². The van der Waals surface area contributed by atoms with E-state index in [1.165, 1.54) is 0 Å². The number of aryl methyl sites for hydroxylation is 1. The molecule has 9 nitrogen and oxygen atoms in total. The maximum absolute atomic E-state index is 12.7. The zero-order valence-electron chi connectivity index (χ0n) is 14.3. The van der Waals surface area contributed by atoms with E-state index in [1.807, 2.05) is 13.8 Å². The summed E-state index contributed by atoms with van der Waals surface area (Å²) >= 11 is 0. The molecule has 134 valence electrons. The molecule has 9 heteroatoms. The van der Waals surface area contributed by atoms with Gasteiger partial charge in [-0.2, -0.15) is 5.10 Å². The van der Waals surface area contributed by atoms with Gasteiger partial charge in [0.2, 0.25) is 0 Å². The summed E-state index contributed by atoms with van der Waals surface area (Å²) in [5.74, 6) is -0.427. The highest BCUT2D eigenvalue weighted by atomic mass is 16.2. The van der Waals surface area contributed by atoms with Crippen LogP contribution in [0.3, 0.4) is 0 Å². The molecule has 0 unspecified atom stereocenters. The van der Waals surface area contributed by atoms with Crippen molar-refractivity contribution in [2.24, 2.45) is 0 Å². The van der Waals surface area contributed by atoms with E-state index in [-0.39, 0.29) is 23.5 Å². The highest BCUT2D eigenvalue weighted by Crippen LogP contribution is 2.19. The molecule has 1 aliphatic heterocycles. The summed E-state index contributed by atoms with van der Waals surface area (Å²) in [6.07, 6.45) is 0. The highest BCUT2D eigenvalue weighted by Gasteiger charge is 2.33. The maximum Gasteiger partial charge on any atom is 0.323 e. The summed E-state index contributed by atoms with van der Waals surface area (Å²) in [7, 11) is 0. The second kappa shape index (κ2) is 5.87. The van der Waals surface area contributed by atoms with Crippen LogP contribution in [-0.4, -0.2) is 56.0 Å². The molecule has 0 saturated carbocycles. The van der Waals surface area contributed by atoms with Gasteiger partial charge in [-0.05, 0) is 26.0 Å². The molecule has 1 aliphatic rings. The summed E-state index contributed by atoms with van der Waals surface area (Å²) in [6, 6.07) is 5.02. The largest absolute Gasteiger partial charge is 0.344 e. The molecular weight excluding hydrogens is 336 g/mol. The maximum atomic E-state index is 12.7. The average Bonchev–Trinajstić information content (AvgIpc) is 3.11. The lowest BCUT2D eigenvalue weighted by Crippen LogP contribution is -2.61. The monoisotopic (exact) mass is 354 g/mol. The normalized spacial score (nSPS) is 14.5. The fraction of sp³-hybridized carbons (Fsp3) is 0.294. The minimum Gasteiger partial charge on any atom is -0.344 e. The van der Waals surface area contributed by atoms with Gasteiger partial charge in [0, 0.05) is 24.3 Å². The number of benzene rings is 1. The molecule has 3 aromatic rings. The van der Waals surface area contributed by atoms with E-state index in [2.05, 4.69) is 25.5 Å². The minimum atomic E-state index is -0.348. The quantitative estimate of drug-likeness (QED) is 0.544. The fourth-order valence-corrected chi connectivity index (χ4v) is 3.10. The smallest absolute Gasteiger partial charge is 0.323 e. The zero-order chi connectivity index (χ0) is 18.4. The number of nitrogens with zero attached hydrogens (tertiary/aromatic N) is 2. The van der Waals surface area contributed by atoms with Crippen LogP contribution >= 0.6 is 0 Å². The van der Waals surface area contributed by atoms with Gasteiger partial charge in [-0.25, -0.2) is 4.79 Å². The van der Waals surface area contributed by atoms with E-state index in [9.17, 15) is 14.4 Å². The molecule has 0 spiro atoms. The van der Waals surface area contributed by atoms with Crippen LogP contribution < -0.4 is 11.0 Å². The van der Waals surface area contributed by atoms with E-state index in [0.29, 0.717) is 35.4 Å². The number of H-pyrrole nitrogens is 3. The van der Waals surface area contributed by atoms with Crippen molar-refractivity contribution in [1.82, 2.24) is 30.4 Å². The minimum absolute atomic E-state index is 0.118. The molecule has 2 aromatic heterocycles. The van der Waals surface area contributed by atoms with E-state index in [4.69, 9.17) is 0 Å². The first-order valence-corrected chi connectivity index (χ1v) is 8.26. The summed E-state index contributed by atoms with van der Waals surface area (Å²) in [4.78, 5) is 43.3. The van der Waals surface area contributed by atoms with Gasteiger partial charge in [0.05, 0.1) is 22.6 Å². The van der Waals surface area contributed by atoms with Gasteiger partial charge >= 0.3 is 5.69 Å². The Bertz CT molecular complexity index is 1070. The SMILES string of the molecule is Cc1[nH]nc(C(=O)NC2CN(C(=O)c3cccc4[nH]c(=O)[nH]c34)C2)c1C. The van der Waals surface area contributed by atoms with Crippen LogP contribution in [-0.2, 0) is 0 Å². The lowest BCUT2D eigenvalue weighted by molar-refractivity contribution is 0.0543. The molecule has 3 heterocycles. The third-order valence-electron chi connectivity index (χ3n) is 4.75. The van der Waals surface area contributed by atoms with Crippen molar-refractivity contribution in [2.45, 2.75) is 19.9 Å². The van der Waals surface area contributed by atoms with Gasteiger partial charge in [-0.3, -0.25) is 14.7 Å². The fourth-order valence-electron chi connectivity index (χ4n) is 3.10. The number of likely N-dealkylation sites (tertiary alicyclic amines) is 1. The number of aromatic nitrogens is 4. The Hall–Kier alpha value is -3.36. The van der Waals surface area contributed by atoms with Gasteiger partial charge in [-0.1, -0.05) is 6.07 Å². The van der Waals surface area contributed by atoms with Crippen LogP contribution in [0.5, 0.6) is 0 Å². The molecule has 0 bridgehead atoms. The van der Waals surface area contributed by atoms with Crippen molar-refractivity contribution in [3.05, 3.63) is 51.2 Å². The van der Waals surface area contributed by atoms with Crippen molar-refractivity contribution >= 4 is 22.8 Å². The number of carbonyl (C=O) groups excluding carboxylic acids is 2. The predicted octanol–water partition coefficient (Wildman–Crippen LogP) is 0.451.